The summed E-state index contributed by atoms with van der Waals surface area (Å²) >= 11 is 0. The molecule has 0 aliphatic rings. The molecule has 0 aliphatic heterocycles. The van der Waals surface area contributed by atoms with Gasteiger partial charge in [-0.25, -0.2) is 0 Å². The summed E-state index contributed by atoms with van der Waals surface area (Å²) in [6.07, 6.45) is -3.14. The summed E-state index contributed by atoms with van der Waals surface area (Å²) in [5.74, 6) is -1.29. The molecule has 90 valence electrons. The number of carboxylic acid groups (broad SMARTS) is 1. The molecule has 0 aliphatic carbocycles. The Bertz CT molecular complexity index is 388. The highest BCUT2D eigenvalue weighted by atomic mass is 19.4. The Morgan fingerprint density at radius 2 is 2.19 bits per heavy atom. The van der Waals surface area contributed by atoms with Gasteiger partial charge in [-0.15, -0.1) is 0 Å². The van der Waals surface area contributed by atoms with E-state index in [2.05, 4.69) is 5.10 Å². The van der Waals surface area contributed by atoms with Gasteiger partial charge in [0.25, 0.3) is 0 Å². The van der Waals surface area contributed by atoms with Crippen LogP contribution in [0.1, 0.15) is 18.5 Å². The van der Waals surface area contributed by atoms with Crippen LogP contribution in [0.5, 0.6) is 0 Å². The number of hydrogen-bond acceptors (Lipinski definition) is 3. The smallest absolute Gasteiger partial charge is 0.419 e. The number of nitrogens with zero attached hydrogens (tertiary/aromatic N) is 2. The van der Waals surface area contributed by atoms with Gasteiger partial charge in [-0.3, -0.25) is 9.48 Å². The molecule has 0 amide bonds. The zero-order valence-corrected chi connectivity index (χ0v) is 8.27. The van der Waals surface area contributed by atoms with E-state index in [1.54, 1.807) is 0 Å². The van der Waals surface area contributed by atoms with E-state index >= 15 is 0 Å². The molecule has 0 spiro atoms. The number of rotatable bonds is 3. The number of hydrogen-bond donors (Lipinski definition) is 2. The van der Waals surface area contributed by atoms with Crippen LogP contribution in [0.25, 0.3) is 0 Å². The van der Waals surface area contributed by atoms with Crippen molar-refractivity contribution in [1.29, 1.82) is 0 Å². The van der Waals surface area contributed by atoms with Crippen LogP contribution in [0, 0.1) is 0 Å². The highest BCUT2D eigenvalue weighted by Crippen LogP contribution is 2.29. The van der Waals surface area contributed by atoms with Gasteiger partial charge in [-0.2, -0.15) is 18.3 Å². The predicted molar refractivity (Wildman–Crippen MR) is 47.6 cm³/mol. The number of aliphatic carboxylic acids is 1. The second-order valence-corrected chi connectivity index (χ2v) is 3.31. The summed E-state index contributed by atoms with van der Waals surface area (Å²) < 4.78 is 37.6. The molecular formula is C8H10F3N3O2. The van der Waals surface area contributed by atoms with E-state index in [0.29, 0.717) is 6.20 Å². The van der Waals surface area contributed by atoms with Crippen molar-refractivity contribution >= 4 is 5.97 Å². The van der Waals surface area contributed by atoms with E-state index in [9.17, 15) is 18.0 Å². The molecule has 0 fully saturated rings. The largest absolute Gasteiger partial charge is 0.480 e. The molecule has 5 nitrogen and oxygen atoms in total. The van der Waals surface area contributed by atoms with E-state index in [1.165, 1.54) is 6.92 Å². The average molecular weight is 237 g/mol. The third kappa shape index (κ3) is 2.51. The van der Waals surface area contributed by atoms with Crippen LogP contribution in [-0.4, -0.2) is 26.9 Å². The lowest BCUT2D eigenvalue weighted by atomic mass is 10.1. The number of alkyl halides is 3. The van der Waals surface area contributed by atoms with Crippen molar-refractivity contribution in [2.24, 2.45) is 5.73 Å². The Labute approximate surface area is 88.7 Å². The Morgan fingerprint density at radius 3 is 2.56 bits per heavy atom. The van der Waals surface area contributed by atoms with Crippen LogP contribution in [-0.2, 0) is 11.0 Å². The molecule has 0 saturated carbocycles. The van der Waals surface area contributed by atoms with Gasteiger partial charge >= 0.3 is 12.1 Å². The van der Waals surface area contributed by atoms with Gasteiger partial charge in [0, 0.05) is 6.20 Å². The maximum Gasteiger partial charge on any atom is 0.419 e. The van der Waals surface area contributed by atoms with Gasteiger partial charge in [0.15, 0.2) is 0 Å². The molecule has 3 N–H and O–H groups in total. The third-order valence-corrected chi connectivity index (χ3v) is 2.15. The lowest BCUT2D eigenvalue weighted by Crippen LogP contribution is -2.38. The van der Waals surface area contributed by atoms with Crippen LogP contribution >= 0.6 is 0 Å². The Morgan fingerprint density at radius 1 is 1.62 bits per heavy atom. The number of carbonyl (C=O) groups is 1. The van der Waals surface area contributed by atoms with Crippen molar-refractivity contribution in [3.8, 4) is 0 Å². The Kier molecular flexibility index (Phi) is 3.22. The maximum absolute atomic E-state index is 12.2. The van der Waals surface area contributed by atoms with Crippen LogP contribution in [0.4, 0.5) is 13.2 Å². The molecule has 0 saturated heterocycles. The Hall–Kier alpha value is -1.57. The van der Waals surface area contributed by atoms with Gasteiger partial charge in [-0.1, -0.05) is 0 Å². The van der Waals surface area contributed by atoms with Gasteiger partial charge < -0.3 is 10.8 Å². The van der Waals surface area contributed by atoms with Crippen molar-refractivity contribution in [3.63, 3.8) is 0 Å². The molecular weight excluding hydrogens is 227 g/mol. The normalized spacial score (nSPS) is 15.8. The summed E-state index contributed by atoms with van der Waals surface area (Å²) in [7, 11) is 0. The van der Waals surface area contributed by atoms with Crippen molar-refractivity contribution in [1.82, 2.24) is 9.78 Å². The van der Waals surface area contributed by atoms with Crippen LogP contribution in [0.15, 0.2) is 12.4 Å². The first-order valence-electron chi connectivity index (χ1n) is 4.33. The number of halogens is 3. The van der Waals surface area contributed by atoms with E-state index in [0.717, 1.165) is 10.9 Å². The fraction of sp³-hybridized carbons (Fsp3) is 0.500. The topological polar surface area (TPSA) is 81.1 Å². The molecule has 1 aromatic heterocycles. The van der Waals surface area contributed by atoms with Crippen LogP contribution in [0.2, 0.25) is 0 Å². The minimum atomic E-state index is -4.49. The molecule has 0 aromatic carbocycles. The van der Waals surface area contributed by atoms with Gasteiger partial charge in [0.2, 0.25) is 0 Å². The monoisotopic (exact) mass is 237 g/mol. The van der Waals surface area contributed by atoms with Crippen molar-refractivity contribution < 1.29 is 23.1 Å². The lowest BCUT2D eigenvalue weighted by molar-refractivity contribution is -0.139. The van der Waals surface area contributed by atoms with Crippen molar-refractivity contribution in [3.05, 3.63) is 18.0 Å². The predicted octanol–water partition coefficient (Wildman–Crippen LogP) is 0.875. The molecule has 1 rings (SSSR count). The number of carboxylic acids is 1. The van der Waals surface area contributed by atoms with Gasteiger partial charge in [-0.05, 0) is 6.92 Å². The molecule has 0 radical (unpaired) electrons. The fourth-order valence-corrected chi connectivity index (χ4v) is 1.08. The fourth-order valence-electron chi connectivity index (χ4n) is 1.08. The zero-order chi connectivity index (χ0) is 12.5. The second-order valence-electron chi connectivity index (χ2n) is 3.31. The van der Waals surface area contributed by atoms with E-state index in [1.807, 2.05) is 0 Å². The van der Waals surface area contributed by atoms with Crippen molar-refractivity contribution in [2.75, 3.05) is 0 Å². The number of aromatic nitrogens is 2. The van der Waals surface area contributed by atoms with E-state index in [-0.39, 0.29) is 0 Å². The number of nitrogens with two attached hydrogens (primary N) is 1. The minimum absolute atomic E-state index is 0.630. The van der Waals surface area contributed by atoms with Crippen LogP contribution < -0.4 is 5.73 Å². The summed E-state index contributed by atoms with van der Waals surface area (Å²) in [6.45, 7) is 1.38. The molecule has 2 unspecified atom stereocenters. The summed E-state index contributed by atoms with van der Waals surface area (Å²) in [5, 5.41) is 12.0. The summed E-state index contributed by atoms with van der Waals surface area (Å²) in [4.78, 5) is 10.5. The van der Waals surface area contributed by atoms with Gasteiger partial charge in [0.05, 0.1) is 17.8 Å². The SMILES string of the molecule is CC(C(N)C(=O)O)n1cc(C(F)(F)F)cn1. The molecule has 1 heterocycles. The van der Waals surface area contributed by atoms with Gasteiger partial charge in [0.1, 0.15) is 6.04 Å². The zero-order valence-electron chi connectivity index (χ0n) is 8.27. The first-order valence-corrected chi connectivity index (χ1v) is 4.33. The molecule has 1 aromatic rings. The highest BCUT2D eigenvalue weighted by molar-refractivity contribution is 5.73. The maximum atomic E-state index is 12.2. The first-order chi connectivity index (χ1) is 7.23. The van der Waals surface area contributed by atoms with Crippen LogP contribution in [0.3, 0.4) is 0 Å². The average Bonchev–Trinajstić information content (AvgIpc) is 2.63. The molecule has 16 heavy (non-hydrogen) atoms. The second kappa shape index (κ2) is 4.12. The van der Waals surface area contributed by atoms with Crippen molar-refractivity contribution in [2.45, 2.75) is 25.2 Å². The summed E-state index contributed by atoms with van der Waals surface area (Å²) in [5.41, 5.74) is 4.34. The Balaban J connectivity index is 2.90. The third-order valence-electron chi connectivity index (χ3n) is 2.15. The lowest BCUT2D eigenvalue weighted by Gasteiger charge is -2.16. The molecule has 0 bridgehead atoms. The van der Waals surface area contributed by atoms with E-state index in [4.69, 9.17) is 10.8 Å². The summed E-state index contributed by atoms with van der Waals surface area (Å²) in [6, 6.07) is -2.16. The van der Waals surface area contributed by atoms with E-state index < -0.39 is 29.8 Å². The highest BCUT2D eigenvalue weighted by Gasteiger charge is 2.33. The first kappa shape index (κ1) is 12.5. The minimum Gasteiger partial charge on any atom is -0.480 e. The molecule has 8 heteroatoms. The standard InChI is InChI=1S/C8H10F3N3O2/c1-4(6(12)7(15)16)14-3-5(2-13-14)8(9,10)11/h2-4,6H,12H2,1H3,(H,15,16). The molecule has 2 atom stereocenters. The quantitative estimate of drug-likeness (QED) is 0.817.